The maximum absolute atomic E-state index is 6.72. The van der Waals surface area contributed by atoms with Crippen molar-refractivity contribution in [2.45, 2.75) is 63.2 Å². The molecule has 0 amide bonds. The Balaban J connectivity index is 1.33. The highest BCUT2D eigenvalue weighted by atomic mass is 31.1. The van der Waals surface area contributed by atoms with Crippen molar-refractivity contribution in [3.63, 3.8) is 0 Å². The minimum atomic E-state index is -1.06. The van der Waals surface area contributed by atoms with Crippen LogP contribution in [0.25, 0.3) is 0 Å². The quantitative estimate of drug-likeness (QED) is 0.101. The molecule has 5 aromatic carbocycles. The Kier molecular flexibility index (Phi) is 10.1. The molecule has 7 rings (SSSR count). The Bertz CT molecular complexity index is 1680. The molecule has 0 saturated heterocycles. The molecule has 2 aliphatic rings. The first-order valence-corrected chi connectivity index (χ1v) is 18.4. The summed E-state index contributed by atoms with van der Waals surface area (Å²) >= 11 is 0. The highest BCUT2D eigenvalue weighted by Gasteiger charge is 2.35. The largest absolute Gasteiger partial charge is 0.864 e. The molecular weight excluding hydrogens is 598 g/mol. The van der Waals surface area contributed by atoms with Crippen LogP contribution in [-0.2, 0) is 0 Å². The summed E-state index contributed by atoms with van der Waals surface area (Å²) in [6.45, 7) is 0. The van der Waals surface area contributed by atoms with Crippen molar-refractivity contribution < 1.29 is 18.7 Å². The molecule has 47 heavy (non-hydrogen) atoms. The molecule has 2 aliphatic carbocycles. The van der Waals surface area contributed by atoms with Crippen molar-refractivity contribution in [2.24, 2.45) is 0 Å². The van der Waals surface area contributed by atoms with Gasteiger partial charge < -0.3 is 18.7 Å². The fourth-order valence-corrected chi connectivity index (χ4v) is 9.85. The smallest absolute Gasteiger partial charge is 0.496 e. The van der Waals surface area contributed by atoms with Crippen LogP contribution in [0.2, 0.25) is 0 Å². The van der Waals surface area contributed by atoms with E-state index in [9.17, 15) is 0 Å². The summed E-state index contributed by atoms with van der Waals surface area (Å²) < 4.78 is 25.9. The Morgan fingerprint density at radius 2 is 1.06 bits per heavy atom. The number of ether oxygens (including phenoxy) is 1. The van der Waals surface area contributed by atoms with E-state index in [1.54, 1.807) is 0 Å². The monoisotopic (exact) mass is 640 g/mol. The van der Waals surface area contributed by atoms with Crippen molar-refractivity contribution in [3.05, 3.63) is 139 Å². The summed E-state index contributed by atoms with van der Waals surface area (Å²) in [5.74, 6) is 4.30. The topological polar surface area (TPSA) is 36.9 Å². The third kappa shape index (κ3) is 7.21. The summed E-state index contributed by atoms with van der Waals surface area (Å²) in [7, 11) is -0.195. The molecule has 5 aromatic rings. The van der Waals surface area contributed by atoms with E-state index < -0.39 is 15.2 Å². The normalized spacial score (nSPS) is 15.7. The van der Waals surface area contributed by atoms with E-state index in [1.165, 1.54) is 73.1 Å². The number of methoxy groups -OCH3 is 1. The predicted molar refractivity (Wildman–Crippen MR) is 195 cm³/mol. The summed E-state index contributed by atoms with van der Waals surface area (Å²) in [6.07, 6.45) is 10.2. The highest BCUT2D eigenvalue weighted by Crippen LogP contribution is 2.49. The van der Waals surface area contributed by atoms with Crippen LogP contribution in [0.3, 0.4) is 0 Å². The van der Waals surface area contributed by atoms with Gasteiger partial charge in [0.25, 0.3) is 0 Å². The van der Waals surface area contributed by atoms with Gasteiger partial charge in [0.2, 0.25) is 0 Å². The zero-order chi connectivity index (χ0) is 31.8. The first-order chi connectivity index (χ1) is 23.3. The molecular formula is C41H42BO4P. The lowest BCUT2D eigenvalue weighted by Crippen LogP contribution is -2.38. The second-order valence-corrected chi connectivity index (χ2v) is 14.6. The molecule has 0 spiro atoms. The van der Waals surface area contributed by atoms with Crippen LogP contribution < -0.4 is 34.6 Å². The molecule has 0 N–H and O–H groups in total. The van der Waals surface area contributed by atoms with Crippen molar-refractivity contribution >= 4 is 31.2 Å². The third-order valence-corrected chi connectivity index (χ3v) is 12.0. The molecule has 0 aromatic heterocycles. The van der Waals surface area contributed by atoms with E-state index >= 15 is 0 Å². The zero-order valence-electron chi connectivity index (χ0n) is 27.1. The van der Waals surface area contributed by atoms with Crippen molar-refractivity contribution in [1.82, 2.24) is 0 Å². The van der Waals surface area contributed by atoms with Crippen LogP contribution in [0.4, 0.5) is 0 Å². The second-order valence-electron chi connectivity index (χ2n) is 12.5. The molecule has 4 nitrogen and oxygen atoms in total. The van der Waals surface area contributed by atoms with Gasteiger partial charge in [-0.2, -0.15) is 0 Å². The lowest BCUT2D eigenvalue weighted by Gasteiger charge is -2.29. The molecule has 238 valence electrons. The Hall–Kier alpha value is -4.21. The highest BCUT2D eigenvalue weighted by molar-refractivity contribution is 7.80. The lowest BCUT2D eigenvalue weighted by molar-refractivity contribution is 0.308. The average molecular weight is 641 g/mol. The molecule has 2 saturated carbocycles. The van der Waals surface area contributed by atoms with Gasteiger partial charge in [0.05, 0.1) is 7.11 Å². The standard InChI is InChI=1S/C41H42BO4P/c1-43-41-39(30-29-36(31-17-11-12-18-31)40(41)32-19-13-14-20-32)47(35-25-9-4-10-26-35)38-28-16-15-27-37(38)46-42(44-33-21-5-2-6-22-33)45-34-23-7-3-8-24-34/h2-10,15-16,21-32H,11-14,17-20H2,1H3. The van der Waals surface area contributed by atoms with Gasteiger partial charge in [-0.25, -0.2) is 0 Å². The van der Waals surface area contributed by atoms with Gasteiger partial charge in [-0.05, 0) is 92.7 Å². The van der Waals surface area contributed by atoms with Crippen molar-refractivity contribution in [3.8, 4) is 23.0 Å². The molecule has 1 unspecified atom stereocenters. The van der Waals surface area contributed by atoms with Gasteiger partial charge in [-0.15, -0.1) is 0 Å². The summed E-state index contributed by atoms with van der Waals surface area (Å²) in [6, 6.07) is 43.3. The second kappa shape index (κ2) is 15.1. The van der Waals surface area contributed by atoms with Crippen LogP contribution >= 0.6 is 7.92 Å². The molecule has 1 atom stereocenters. The van der Waals surface area contributed by atoms with Gasteiger partial charge >= 0.3 is 7.32 Å². The van der Waals surface area contributed by atoms with E-state index in [0.29, 0.717) is 23.3 Å². The number of hydrogen-bond acceptors (Lipinski definition) is 4. The minimum Gasteiger partial charge on any atom is -0.496 e. The molecule has 0 heterocycles. The van der Waals surface area contributed by atoms with Gasteiger partial charge in [-0.3, -0.25) is 0 Å². The maximum Gasteiger partial charge on any atom is 0.864 e. The number of hydrogen-bond donors (Lipinski definition) is 0. The fraction of sp³-hybridized carbons (Fsp3) is 0.268. The van der Waals surface area contributed by atoms with Crippen LogP contribution in [0.15, 0.2) is 127 Å². The minimum absolute atomic E-state index is 0.544. The Morgan fingerprint density at radius 1 is 0.532 bits per heavy atom. The fourth-order valence-electron chi connectivity index (χ4n) is 7.34. The first kappa shape index (κ1) is 31.4. The molecule has 6 heteroatoms. The van der Waals surface area contributed by atoms with E-state index in [-0.39, 0.29) is 0 Å². The Morgan fingerprint density at radius 3 is 1.66 bits per heavy atom. The van der Waals surface area contributed by atoms with E-state index in [1.807, 2.05) is 79.9 Å². The third-order valence-electron chi connectivity index (χ3n) is 9.51. The van der Waals surface area contributed by atoms with Crippen LogP contribution in [0.5, 0.6) is 23.0 Å². The van der Waals surface area contributed by atoms with E-state index in [4.69, 9.17) is 18.7 Å². The van der Waals surface area contributed by atoms with Gasteiger partial charge in [0.1, 0.15) is 23.0 Å². The summed E-state index contributed by atoms with van der Waals surface area (Å²) in [4.78, 5) is 0. The number of rotatable bonds is 12. The van der Waals surface area contributed by atoms with E-state index in [2.05, 4.69) is 54.6 Å². The number of benzene rings is 5. The molecule has 2 fully saturated rings. The van der Waals surface area contributed by atoms with Crippen molar-refractivity contribution in [1.29, 1.82) is 0 Å². The SMILES string of the molecule is COc1c(P(c2ccccc2)c2ccccc2OB(Oc2ccccc2)Oc2ccccc2)ccc(C2CCCC2)c1C1CCCC1. The summed E-state index contributed by atoms with van der Waals surface area (Å²) in [5.41, 5.74) is 2.99. The van der Waals surface area contributed by atoms with Crippen LogP contribution in [0.1, 0.15) is 74.3 Å². The van der Waals surface area contributed by atoms with Crippen LogP contribution in [0, 0.1) is 0 Å². The van der Waals surface area contributed by atoms with Gasteiger partial charge in [-0.1, -0.05) is 117 Å². The van der Waals surface area contributed by atoms with Crippen LogP contribution in [-0.4, -0.2) is 14.4 Å². The molecule has 0 bridgehead atoms. The predicted octanol–water partition coefficient (Wildman–Crippen LogP) is 9.29. The first-order valence-electron chi connectivity index (χ1n) is 17.0. The van der Waals surface area contributed by atoms with Gasteiger partial charge in [0.15, 0.2) is 0 Å². The zero-order valence-corrected chi connectivity index (χ0v) is 28.0. The molecule has 0 radical (unpaired) electrons. The Labute approximate surface area is 281 Å². The molecule has 0 aliphatic heterocycles. The lowest BCUT2D eigenvalue weighted by atomic mass is 9.85. The average Bonchev–Trinajstić information content (AvgIpc) is 3.86. The number of para-hydroxylation sites is 3. The summed E-state index contributed by atoms with van der Waals surface area (Å²) in [5, 5.41) is 3.57. The van der Waals surface area contributed by atoms with Crippen molar-refractivity contribution in [2.75, 3.05) is 7.11 Å². The maximum atomic E-state index is 6.72. The van der Waals surface area contributed by atoms with Gasteiger partial charge in [0, 0.05) is 16.2 Å². The van der Waals surface area contributed by atoms with E-state index in [0.717, 1.165) is 16.8 Å².